The Balaban J connectivity index is 1.26. The topological polar surface area (TPSA) is 81.1 Å². The fourth-order valence-electron chi connectivity index (χ4n) is 5.16. The van der Waals surface area contributed by atoms with Gasteiger partial charge in [-0.1, -0.05) is 11.6 Å². The monoisotopic (exact) mass is 540 g/mol. The number of phenols is 2. The van der Waals surface area contributed by atoms with Crippen LogP contribution in [0.25, 0.3) is 21.8 Å². The molecule has 1 aliphatic heterocycles. The van der Waals surface area contributed by atoms with E-state index in [1.807, 2.05) is 60.7 Å². The van der Waals surface area contributed by atoms with Crippen molar-refractivity contribution in [2.24, 2.45) is 0 Å². The first-order valence-corrected chi connectivity index (χ1v) is 13.3. The van der Waals surface area contributed by atoms with E-state index in [4.69, 9.17) is 21.3 Å². The predicted molar refractivity (Wildman–Crippen MR) is 158 cm³/mol. The van der Waals surface area contributed by atoms with E-state index in [2.05, 4.69) is 15.1 Å². The first kappa shape index (κ1) is 25.1. The molecule has 1 aliphatic rings. The zero-order valence-electron chi connectivity index (χ0n) is 21.6. The van der Waals surface area contributed by atoms with E-state index >= 15 is 0 Å². The Labute approximate surface area is 231 Å². The average Bonchev–Trinajstić information content (AvgIpc) is 2.95. The number of anilines is 3. The highest BCUT2D eigenvalue weighted by molar-refractivity contribution is 6.31. The lowest BCUT2D eigenvalue weighted by Gasteiger charge is -2.36. The van der Waals surface area contributed by atoms with Gasteiger partial charge in [0.25, 0.3) is 0 Å². The summed E-state index contributed by atoms with van der Waals surface area (Å²) in [4.78, 5) is 9.47. The molecule has 7 nitrogen and oxygen atoms in total. The molecule has 6 rings (SSSR count). The molecule has 0 aliphatic carbocycles. The zero-order chi connectivity index (χ0) is 26.9. The zero-order valence-corrected chi connectivity index (χ0v) is 22.3. The number of phenolic OH excluding ortho intramolecular Hbond substituents is 2. The molecule has 0 spiro atoms. The lowest BCUT2D eigenvalue weighted by Crippen LogP contribution is -2.45. The van der Waals surface area contributed by atoms with Crippen LogP contribution in [0.1, 0.15) is 5.56 Å². The highest BCUT2D eigenvalue weighted by Gasteiger charge is 2.19. The maximum Gasteiger partial charge on any atom is 0.120 e. The standard InChI is InChI=1S/C31H29ClN4O3/c1-39-25-8-10-28-27(18-25)31(26-9-2-21(32)17-29(26)34-28)33-22-3-11-30(38)20(16-22)19-35-12-14-36(15-13-35)23-4-6-24(37)7-5-23/h2-11,16-18,37-38H,12-15,19H2,1H3,(H,33,34). The molecule has 1 aromatic heterocycles. The Morgan fingerprint density at radius 1 is 0.846 bits per heavy atom. The van der Waals surface area contributed by atoms with Crippen LogP contribution in [0, 0.1) is 0 Å². The van der Waals surface area contributed by atoms with Gasteiger partial charge < -0.3 is 25.2 Å². The number of aromatic hydroxyl groups is 2. The molecule has 0 atom stereocenters. The Hall–Kier alpha value is -4.20. The SMILES string of the molecule is COc1ccc2nc3cc(Cl)ccc3c(Nc3ccc(O)c(CN4CCN(c5ccc(O)cc5)CC4)c3)c2c1. The van der Waals surface area contributed by atoms with Crippen molar-refractivity contribution in [2.45, 2.75) is 6.54 Å². The van der Waals surface area contributed by atoms with E-state index in [0.29, 0.717) is 11.6 Å². The molecular weight excluding hydrogens is 512 g/mol. The molecule has 0 radical (unpaired) electrons. The molecular formula is C31H29ClN4O3. The number of hydrogen-bond acceptors (Lipinski definition) is 7. The van der Waals surface area contributed by atoms with E-state index in [-0.39, 0.29) is 11.5 Å². The van der Waals surface area contributed by atoms with Gasteiger partial charge in [0, 0.05) is 65.5 Å². The second kappa shape index (κ2) is 10.5. The van der Waals surface area contributed by atoms with Crippen LogP contribution in [0.5, 0.6) is 17.2 Å². The number of methoxy groups -OCH3 is 1. The minimum Gasteiger partial charge on any atom is -0.508 e. The summed E-state index contributed by atoms with van der Waals surface area (Å²) in [7, 11) is 1.65. The third-order valence-electron chi connectivity index (χ3n) is 7.27. The number of rotatable bonds is 6. The van der Waals surface area contributed by atoms with Crippen molar-refractivity contribution < 1.29 is 14.9 Å². The molecule has 2 heterocycles. The molecule has 0 unspecified atom stereocenters. The second-order valence-electron chi connectivity index (χ2n) is 9.78. The van der Waals surface area contributed by atoms with Gasteiger partial charge >= 0.3 is 0 Å². The van der Waals surface area contributed by atoms with E-state index < -0.39 is 0 Å². The van der Waals surface area contributed by atoms with Gasteiger partial charge in [0.05, 0.1) is 23.8 Å². The quantitative estimate of drug-likeness (QED) is 0.167. The molecule has 1 fully saturated rings. The number of aromatic nitrogens is 1. The number of piperazine rings is 1. The first-order chi connectivity index (χ1) is 19.0. The molecule has 39 heavy (non-hydrogen) atoms. The minimum atomic E-state index is 0.275. The molecule has 0 bridgehead atoms. The summed E-state index contributed by atoms with van der Waals surface area (Å²) < 4.78 is 5.49. The summed E-state index contributed by atoms with van der Waals surface area (Å²) in [5.41, 5.74) is 5.38. The lowest BCUT2D eigenvalue weighted by atomic mass is 10.1. The lowest BCUT2D eigenvalue weighted by molar-refractivity contribution is 0.247. The van der Waals surface area contributed by atoms with Crippen LogP contribution in [0.4, 0.5) is 17.1 Å². The summed E-state index contributed by atoms with van der Waals surface area (Å²) in [5, 5.41) is 26.4. The number of pyridine rings is 1. The third-order valence-corrected chi connectivity index (χ3v) is 7.51. The first-order valence-electron chi connectivity index (χ1n) is 12.9. The fraction of sp³-hybridized carbons (Fsp3) is 0.194. The van der Waals surface area contributed by atoms with E-state index in [1.54, 1.807) is 25.3 Å². The summed E-state index contributed by atoms with van der Waals surface area (Å²) in [5.74, 6) is 1.30. The van der Waals surface area contributed by atoms with Crippen molar-refractivity contribution in [2.75, 3.05) is 43.5 Å². The van der Waals surface area contributed by atoms with Crippen molar-refractivity contribution in [3.05, 3.63) is 89.4 Å². The number of hydrogen-bond donors (Lipinski definition) is 3. The Morgan fingerprint density at radius 2 is 1.64 bits per heavy atom. The van der Waals surface area contributed by atoms with Crippen molar-refractivity contribution in [3.8, 4) is 17.2 Å². The van der Waals surface area contributed by atoms with Crippen molar-refractivity contribution in [1.29, 1.82) is 0 Å². The van der Waals surface area contributed by atoms with Crippen LogP contribution < -0.4 is 15.0 Å². The summed E-state index contributed by atoms with van der Waals surface area (Å²) >= 11 is 6.29. The van der Waals surface area contributed by atoms with Crippen LogP contribution in [0.15, 0.2) is 78.9 Å². The molecule has 1 saturated heterocycles. The molecule has 3 N–H and O–H groups in total. The van der Waals surface area contributed by atoms with Gasteiger partial charge in [-0.15, -0.1) is 0 Å². The fourth-order valence-corrected chi connectivity index (χ4v) is 5.33. The maximum absolute atomic E-state index is 10.7. The van der Waals surface area contributed by atoms with Gasteiger partial charge in [-0.25, -0.2) is 4.98 Å². The van der Waals surface area contributed by atoms with Gasteiger partial charge in [0.1, 0.15) is 17.2 Å². The van der Waals surface area contributed by atoms with Crippen molar-refractivity contribution >= 4 is 50.5 Å². The third kappa shape index (κ3) is 5.24. The highest BCUT2D eigenvalue weighted by atomic mass is 35.5. The average molecular weight is 541 g/mol. The molecule has 0 saturated carbocycles. The van der Waals surface area contributed by atoms with Crippen LogP contribution >= 0.6 is 11.6 Å². The maximum atomic E-state index is 10.7. The van der Waals surface area contributed by atoms with Crippen LogP contribution in [-0.2, 0) is 6.54 Å². The number of nitrogens with one attached hydrogen (secondary N) is 1. The van der Waals surface area contributed by atoms with Crippen LogP contribution in [0.2, 0.25) is 5.02 Å². The van der Waals surface area contributed by atoms with E-state index in [9.17, 15) is 10.2 Å². The van der Waals surface area contributed by atoms with Crippen molar-refractivity contribution in [3.63, 3.8) is 0 Å². The Kier molecular flexibility index (Phi) is 6.77. The summed E-state index contributed by atoms with van der Waals surface area (Å²) in [6.07, 6.45) is 0. The second-order valence-corrected chi connectivity index (χ2v) is 10.2. The molecule has 5 aromatic rings. The van der Waals surface area contributed by atoms with Crippen LogP contribution in [-0.4, -0.2) is 53.4 Å². The summed E-state index contributed by atoms with van der Waals surface area (Å²) in [6.45, 7) is 4.15. The van der Waals surface area contributed by atoms with E-state index in [0.717, 1.165) is 76.4 Å². The van der Waals surface area contributed by atoms with Gasteiger partial charge in [-0.05, 0) is 78.9 Å². The van der Waals surface area contributed by atoms with Crippen molar-refractivity contribution in [1.82, 2.24) is 9.88 Å². The Bertz CT molecular complexity index is 1650. The van der Waals surface area contributed by atoms with Gasteiger partial charge in [-0.2, -0.15) is 0 Å². The number of benzene rings is 4. The minimum absolute atomic E-state index is 0.275. The van der Waals surface area contributed by atoms with Gasteiger partial charge in [0.15, 0.2) is 0 Å². The molecule has 8 heteroatoms. The van der Waals surface area contributed by atoms with E-state index in [1.165, 1.54) is 0 Å². The molecule has 0 amide bonds. The Morgan fingerprint density at radius 3 is 2.41 bits per heavy atom. The number of ether oxygens (including phenoxy) is 1. The number of halogens is 1. The summed E-state index contributed by atoms with van der Waals surface area (Å²) in [6, 6.07) is 24.5. The molecule has 198 valence electrons. The number of nitrogens with zero attached hydrogens (tertiary/aromatic N) is 3. The van der Waals surface area contributed by atoms with Gasteiger partial charge in [0.2, 0.25) is 0 Å². The van der Waals surface area contributed by atoms with Gasteiger partial charge in [-0.3, -0.25) is 4.90 Å². The number of fused-ring (bicyclic) bond motifs is 2. The highest BCUT2D eigenvalue weighted by Crippen LogP contribution is 2.37. The smallest absolute Gasteiger partial charge is 0.120 e. The molecule has 4 aromatic carbocycles. The normalized spacial score (nSPS) is 14.2. The largest absolute Gasteiger partial charge is 0.508 e. The van der Waals surface area contributed by atoms with Crippen LogP contribution in [0.3, 0.4) is 0 Å². The predicted octanol–water partition coefficient (Wildman–Crippen LogP) is 6.53.